The molecule has 0 N–H and O–H groups in total. The summed E-state index contributed by atoms with van der Waals surface area (Å²) in [4.78, 5) is 0. The van der Waals surface area contributed by atoms with Crippen LogP contribution < -0.4 is 0 Å². The van der Waals surface area contributed by atoms with Gasteiger partial charge in [0, 0.05) is 0 Å². The smallest absolute Gasteiger partial charge is 0.0960 e. The van der Waals surface area contributed by atoms with Gasteiger partial charge in [0.15, 0.2) is 0 Å². The lowest BCUT2D eigenvalue weighted by Gasteiger charge is -2.34. The second kappa shape index (κ2) is 1.48. The van der Waals surface area contributed by atoms with Gasteiger partial charge in [-0.15, -0.1) is 0 Å². The quantitative estimate of drug-likeness (QED) is 0.438. The summed E-state index contributed by atoms with van der Waals surface area (Å²) in [6.45, 7) is 4.17. The van der Waals surface area contributed by atoms with Gasteiger partial charge < -0.3 is 0 Å². The van der Waals surface area contributed by atoms with Crippen molar-refractivity contribution in [3.63, 3.8) is 0 Å². The largest absolute Gasteiger partial charge is 0.233 e. The predicted molar refractivity (Wildman–Crippen MR) is 27.4 cm³/mol. The molecular weight excluding hydrogens is 88.1 g/mol. The molecule has 1 aliphatic carbocycles. The van der Waals surface area contributed by atoms with Crippen LogP contribution in [0.5, 0.6) is 0 Å². The Labute approximate surface area is 44.4 Å². The zero-order valence-electron chi connectivity index (χ0n) is 4.85. The number of hydrogen-bond acceptors (Lipinski definition) is 0. The van der Waals surface area contributed by atoms with Crippen LogP contribution in [0, 0.1) is 11.8 Å². The molecule has 0 aliphatic heterocycles. The monoisotopic (exact) mass is 99.1 g/mol. The summed E-state index contributed by atoms with van der Waals surface area (Å²) in [7, 11) is 0. The fourth-order valence-electron chi connectivity index (χ4n) is 0.966. The van der Waals surface area contributed by atoms with Gasteiger partial charge in [0.1, 0.15) is 0 Å². The lowest BCUT2D eigenvalue weighted by atomic mass is 9.74. The van der Waals surface area contributed by atoms with E-state index < -0.39 is 0 Å². The van der Waals surface area contributed by atoms with Gasteiger partial charge in [-0.05, 0) is 18.3 Å². The molecule has 0 heterocycles. The average Bonchev–Trinajstić information content (AvgIpc) is 1.68. The SMILES string of the molecule is CC1C[C@@H]([O])[C@@H]1C. The van der Waals surface area contributed by atoms with E-state index in [1.807, 2.05) is 6.92 Å². The Kier molecular flexibility index (Phi) is 1.08. The minimum Gasteiger partial charge on any atom is -0.233 e. The normalized spacial score (nSPS) is 51.0. The van der Waals surface area contributed by atoms with Crippen LogP contribution >= 0.6 is 0 Å². The van der Waals surface area contributed by atoms with Gasteiger partial charge in [-0.1, -0.05) is 13.8 Å². The maximum absolute atomic E-state index is 10.5. The number of hydrogen-bond donors (Lipinski definition) is 0. The highest BCUT2D eigenvalue weighted by molar-refractivity contribution is 4.82. The first-order valence-corrected chi connectivity index (χ1v) is 2.87. The van der Waals surface area contributed by atoms with Gasteiger partial charge in [-0.2, -0.15) is 0 Å². The summed E-state index contributed by atoms with van der Waals surface area (Å²) in [5, 5.41) is 10.5. The van der Waals surface area contributed by atoms with Crippen molar-refractivity contribution in [1.29, 1.82) is 0 Å². The molecular formula is C6H11O. The molecule has 1 unspecified atom stereocenters. The second-order valence-corrected chi connectivity index (χ2v) is 2.61. The molecule has 0 aromatic heterocycles. The van der Waals surface area contributed by atoms with Gasteiger partial charge >= 0.3 is 0 Å². The van der Waals surface area contributed by atoms with E-state index in [-0.39, 0.29) is 6.10 Å². The molecule has 1 rings (SSSR count). The van der Waals surface area contributed by atoms with Crippen LogP contribution in [-0.4, -0.2) is 6.10 Å². The van der Waals surface area contributed by atoms with Crippen LogP contribution in [0.15, 0.2) is 0 Å². The van der Waals surface area contributed by atoms with E-state index in [4.69, 9.17) is 0 Å². The van der Waals surface area contributed by atoms with Crippen LogP contribution in [0.4, 0.5) is 0 Å². The zero-order chi connectivity index (χ0) is 5.44. The van der Waals surface area contributed by atoms with E-state index in [9.17, 15) is 5.11 Å². The Morgan fingerprint density at radius 2 is 2.00 bits per heavy atom. The molecule has 3 atom stereocenters. The Hall–Kier alpha value is -0.0400. The molecule has 1 aliphatic rings. The highest BCUT2D eigenvalue weighted by Crippen LogP contribution is 2.33. The fraction of sp³-hybridized carbons (Fsp3) is 1.00. The molecule has 1 nitrogen and oxygen atoms in total. The van der Waals surface area contributed by atoms with Crippen molar-refractivity contribution in [2.24, 2.45) is 11.8 Å². The molecule has 1 saturated carbocycles. The first kappa shape index (κ1) is 5.10. The van der Waals surface area contributed by atoms with Crippen molar-refractivity contribution in [3.8, 4) is 0 Å². The van der Waals surface area contributed by atoms with E-state index in [1.54, 1.807) is 0 Å². The van der Waals surface area contributed by atoms with E-state index >= 15 is 0 Å². The van der Waals surface area contributed by atoms with E-state index in [0.717, 1.165) is 6.42 Å². The Balaban J connectivity index is 2.29. The summed E-state index contributed by atoms with van der Waals surface area (Å²) in [5.41, 5.74) is 0. The Morgan fingerprint density at radius 1 is 1.43 bits per heavy atom. The predicted octanol–water partition coefficient (Wildman–Crippen LogP) is 1.46. The minimum absolute atomic E-state index is 0.241. The van der Waals surface area contributed by atoms with Crippen LogP contribution in [0.3, 0.4) is 0 Å². The summed E-state index contributed by atoms with van der Waals surface area (Å²) in [6.07, 6.45) is 0.663. The Morgan fingerprint density at radius 3 is 2.00 bits per heavy atom. The van der Waals surface area contributed by atoms with Crippen molar-refractivity contribution in [2.75, 3.05) is 0 Å². The van der Waals surface area contributed by atoms with Gasteiger partial charge in [-0.25, -0.2) is 5.11 Å². The molecule has 0 aromatic carbocycles. The van der Waals surface area contributed by atoms with Crippen molar-refractivity contribution < 1.29 is 5.11 Å². The van der Waals surface area contributed by atoms with Gasteiger partial charge in [0.05, 0.1) is 6.10 Å². The van der Waals surface area contributed by atoms with Crippen LogP contribution in [0.1, 0.15) is 20.3 Å². The van der Waals surface area contributed by atoms with Crippen LogP contribution in [0.2, 0.25) is 0 Å². The summed E-state index contributed by atoms with van der Waals surface area (Å²) in [5.74, 6) is 1.14. The Bertz CT molecular complexity index is 62.6. The molecule has 0 spiro atoms. The molecule has 1 heteroatoms. The first-order chi connectivity index (χ1) is 3.22. The van der Waals surface area contributed by atoms with Gasteiger partial charge in [0.2, 0.25) is 0 Å². The first-order valence-electron chi connectivity index (χ1n) is 2.87. The maximum atomic E-state index is 10.5. The second-order valence-electron chi connectivity index (χ2n) is 2.61. The molecule has 1 radical (unpaired) electrons. The maximum Gasteiger partial charge on any atom is 0.0960 e. The fourth-order valence-corrected chi connectivity index (χ4v) is 0.966. The lowest BCUT2D eigenvalue weighted by molar-refractivity contribution is -0.0633. The van der Waals surface area contributed by atoms with E-state index in [2.05, 4.69) is 6.92 Å². The van der Waals surface area contributed by atoms with Crippen molar-refractivity contribution in [1.82, 2.24) is 0 Å². The van der Waals surface area contributed by atoms with E-state index in [0.29, 0.717) is 11.8 Å². The summed E-state index contributed by atoms with van der Waals surface area (Å²) >= 11 is 0. The van der Waals surface area contributed by atoms with Crippen molar-refractivity contribution in [2.45, 2.75) is 26.4 Å². The third kappa shape index (κ3) is 0.653. The molecule has 1 fully saturated rings. The van der Waals surface area contributed by atoms with Crippen molar-refractivity contribution >= 4 is 0 Å². The number of rotatable bonds is 0. The zero-order valence-corrected chi connectivity index (χ0v) is 4.85. The third-order valence-electron chi connectivity index (χ3n) is 2.09. The molecule has 0 saturated heterocycles. The highest BCUT2D eigenvalue weighted by atomic mass is 16.3. The van der Waals surface area contributed by atoms with Crippen molar-refractivity contribution in [3.05, 3.63) is 0 Å². The summed E-state index contributed by atoms with van der Waals surface area (Å²) in [6, 6.07) is 0. The topological polar surface area (TPSA) is 19.9 Å². The third-order valence-corrected chi connectivity index (χ3v) is 2.09. The lowest BCUT2D eigenvalue weighted by Crippen LogP contribution is -2.36. The standard InChI is InChI=1S/C6H11O/c1-4-3-6(7)5(4)2/h4-6H,3H2,1-2H3/t4?,5-,6-/m1/s1. The average molecular weight is 99.2 g/mol. The minimum atomic E-state index is -0.241. The molecule has 0 amide bonds. The molecule has 0 bridgehead atoms. The molecule has 0 aromatic rings. The summed E-state index contributed by atoms with van der Waals surface area (Å²) < 4.78 is 0. The van der Waals surface area contributed by atoms with Gasteiger partial charge in [-0.3, -0.25) is 0 Å². The van der Waals surface area contributed by atoms with Gasteiger partial charge in [0.25, 0.3) is 0 Å². The van der Waals surface area contributed by atoms with Crippen LogP contribution in [0.25, 0.3) is 0 Å². The van der Waals surface area contributed by atoms with E-state index in [1.165, 1.54) is 0 Å². The van der Waals surface area contributed by atoms with Crippen LogP contribution in [-0.2, 0) is 5.11 Å². The molecule has 41 valence electrons. The molecule has 7 heavy (non-hydrogen) atoms. The highest BCUT2D eigenvalue weighted by Gasteiger charge is 2.33.